The minimum Gasteiger partial charge on any atom is -0.486 e. The summed E-state index contributed by atoms with van der Waals surface area (Å²) in [5.41, 5.74) is 2.81. The summed E-state index contributed by atoms with van der Waals surface area (Å²) in [5.74, 6) is 1.35. The maximum atomic E-state index is 13.0. The van der Waals surface area contributed by atoms with Gasteiger partial charge < -0.3 is 9.64 Å². The molecule has 4 nitrogen and oxygen atoms in total. The lowest BCUT2D eigenvalue weighted by molar-refractivity contribution is 0.0669. The number of benzene rings is 2. The maximum absolute atomic E-state index is 13.0. The Morgan fingerprint density at radius 1 is 1.07 bits per heavy atom. The van der Waals surface area contributed by atoms with Crippen LogP contribution in [0.5, 0.6) is 5.75 Å². The highest BCUT2D eigenvalue weighted by Gasteiger charge is 2.21. The third-order valence-electron chi connectivity index (χ3n) is 5.23. The van der Waals surface area contributed by atoms with Gasteiger partial charge in [0, 0.05) is 17.0 Å². The van der Waals surface area contributed by atoms with Crippen LogP contribution in [0, 0.1) is 0 Å². The number of rotatable bonds is 9. The SMILES string of the molecule is CC[C@H](C)N(Cc1csc(COc2ccccc2C(C)C)n1)C(=O)c1ccccc1. The van der Waals surface area contributed by atoms with E-state index >= 15 is 0 Å². The third kappa shape index (κ3) is 5.48. The molecule has 0 fully saturated rings. The Morgan fingerprint density at radius 3 is 2.47 bits per heavy atom. The average Bonchev–Trinajstić information content (AvgIpc) is 3.23. The molecule has 0 radical (unpaired) electrons. The monoisotopic (exact) mass is 422 g/mol. The fourth-order valence-corrected chi connectivity index (χ4v) is 3.98. The normalized spacial score (nSPS) is 12.0. The number of nitrogens with zero attached hydrogens (tertiary/aromatic N) is 2. The van der Waals surface area contributed by atoms with Gasteiger partial charge in [0.1, 0.15) is 17.4 Å². The highest BCUT2D eigenvalue weighted by atomic mass is 32.1. The van der Waals surface area contributed by atoms with E-state index in [2.05, 4.69) is 33.8 Å². The van der Waals surface area contributed by atoms with Crippen molar-refractivity contribution in [3.63, 3.8) is 0 Å². The van der Waals surface area contributed by atoms with E-state index in [4.69, 9.17) is 9.72 Å². The number of thiazole rings is 1. The van der Waals surface area contributed by atoms with Gasteiger partial charge in [0.2, 0.25) is 0 Å². The Morgan fingerprint density at radius 2 is 1.77 bits per heavy atom. The van der Waals surface area contributed by atoms with Gasteiger partial charge in [0.15, 0.2) is 0 Å². The fraction of sp³-hybridized carbons (Fsp3) is 0.360. The van der Waals surface area contributed by atoms with Crippen molar-refractivity contribution >= 4 is 17.2 Å². The summed E-state index contributed by atoms with van der Waals surface area (Å²) in [5, 5.41) is 2.94. The van der Waals surface area contributed by atoms with Crippen molar-refractivity contribution in [2.75, 3.05) is 0 Å². The molecule has 0 aliphatic carbocycles. The summed E-state index contributed by atoms with van der Waals surface area (Å²) >= 11 is 1.58. The van der Waals surface area contributed by atoms with Gasteiger partial charge in [-0.05, 0) is 43.0 Å². The summed E-state index contributed by atoms with van der Waals surface area (Å²) in [6.07, 6.45) is 0.894. The zero-order chi connectivity index (χ0) is 21.5. The number of carbonyl (C=O) groups is 1. The smallest absolute Gasteiger partial charge is 0.254 e. The van der Waals surface area contributed by atoms with Gasteiger partial charge in [0.25, 0.3) is 5.91 Å². The first-order chi connectivity index (χ1) is 14.5. The number of ether oxygens (including phenoxy) is 1. The molecule has 0 spiro atoms. The molecule has 0 N–H and O–H groups in total. The van der Waals surface area contributed by atoms with Crippen LogP contribution in [0.1, 0.15) is 66.7 Å². The Hall–Kier alpha value is -2.66. The lowest BCUT2D eigenvalue weighted by atomic mass is 10.0. The number of hydrogen-bond acceptors (Lipinski definition) is 4. The molecule has 0 unspecified atom stereocenters. The first kappa shape index (κ1) is 22.0. The maximum Gasteiger partial charge on any atom is 0.254 e. The minimum absolute atomic E-state index is 0.0432. The van der Waals surface area contributed by atoms with Gasteiger partial charge in [-0.2, -0.15) is 0 Å². The minimum atomic E-state index is 0.0432. The summed E-state index contributed by atoms with van der Waals surface area (Å²) < 4.78 is 6.06. The molecule has 158 valence electrons. The van der Waals surface area contributed by atoms with E-state index in [-0.39, 0.29) is 11.9 Å². The molecule has 1 aromatic heterocycles. The number of carbonyl (C=O) groups excluding carboxylic acids is 1. The van der Waals surface area contributed by atoms with E-state index in [0.717, 1.165) is 22.9 Å². The van der Waals surface area contributed by atoms with Gasteiger partial charge in [-0.15, -0.1) is 11.3 Å². The van der Waals surface area contributed by atoms with Crippen molar-refractivity contribution in [1.82, 2.24) is 9.88 Å². The molecular formula is C25H30N2O2S. The zero-order valence-corrected chi connectivity index (χ0v) is 19.0. The molecule has 0 bridgehead atoms. The Balaban J connectivity index is 1.69. The van der Waals surface area contributed by atoms with Gasteiger partial charge in [-0.25, -0.2) is 4.98 Å². The summed E-state index contributed by atoms with van der Waals surface area (Å²) in [7, 11) is 0. The van der Waals surface area contributed by atoms with Crippen LogP contribution in [0.2, 0.25) is 0 Å². The predicted octanol–water partition coefficient (Wildman–Crippen LogP) is 6.29. The van der Waals surface area contributed by atoms with E-state index in [9.17, 15) is 4.79 Å². The summed E-state index contributed by atoms with van der Waals surface area (Å²) in [6, 6.07) is 17.7. The number of para-hydroxylation sites is 1. The molecule has 1 atom stereocenters. The van der Waals surface area contributed by atoms with Crippen LogP contribution < -0.4 is 4.74 Å². The van der Waals surface area contributed by atoms with Crippen molar-refractivity contribution in [2.24, 2.45) is 0 Å². The number of aromatic nitrogens is 1. The molecular weight excluding hydrogens is 392 g/mol. The second-order valence-electron chi connectivity index (χ2n) is 7.77. The molecule has 1 heterocycles. The van der Waals surface area contributed by atoms with Crippen LogP contribution in [0.15, 0.2) is 60.0 Å². The van der Waals surface area contributed by atoms with Crippen molar-refractivity contribution in [1.29, 1.82) is 0 Å². The molecule has 0 aliphatic rings. The van der Waals surface area contributed by atoms with Crippen molar-refractivity contribution in [2.45, 2.75) is 59.2 Å². The van der Waals surface area contributed by atoms with Crippen LogP contribution in [-0.2, 0) is 13.2 Å². The largest absolute Gasteiger partial charge is 0.486 e. The zero-order valence-electron chi connectivity index (χ0n) is 18.2. The quantitative estimate of drug-likeness (QED) is 0.407. The summed E-state index contributed by atoms with van der Waals surface area (Å²) in [6.45, 7) is 9.45. The highest BCUT2D eigenvalue weighted by Crippen LogP contribution is 2.27. The van der Waals surface area contributed by atoms with Crippen LogP contribution >= 0.6 is 11.3 Å². The lowest BCUT2D eigenvalue weighted by Crippen LogP contribution is -2.37. The van der Waals surface area contributed by atoms with E-state index in [0.29, 0.717) is 24.6 Å². The second kappa shape index (κ2) is 10.4. The van der Waals surface area contributed by atoms with Gasteiger partial charge >= 0.3 is 0 Å². The average molecular weight is 423 g/mol. The third-order valence-corrected chi connectivity index (χ3v) is 6.10. The van der Waals surface area contributed by atoms with Gasteiger partial charge in [0.05, 0.1) is 12.2 Å². The van der Waals surface area contributed by atoms with Crippen LogP contribution in [-0.4, -0.2) is 21.8 Å². The van der Waals surface area contributed by atoms with Crippen LogP contribution in [0.3, 0.4) is 0 Å². The van der Waals surface area contributed by atoms with Gasteiger partial charge in [-0.1, -0.05) is 57.2 Å². The van der Waals surface area contributed by atoms with Crippen molar-refractivity contribution in [3.8, 4) is 5.75 Å². The van der Waals surface area contributed by atoms with Crippen LogP contribution in [0.4, 0.5) is 0 Å². The second-order valence-corrected chi connectivity index (χ2v) is 8.71. The van der Waals surface area contributed by atoms with E-state index in [1.54, 1.807) is 11.3 Å². The lowest BCUT2D eigenvalue weighted by Gasteiger charge is -2.28. The Labute approximate surface area is 183 Å². The van der Waals surface area contributed by atoms with Gasteiger partial charge in [-0.3, -0.25) is 4.79 Å². The predicted molar refractivity (Wildman–Crippen MR) is 123 cm³/mol. The molecule has 0 saturated carbocycles. The molecule has 1 amide bonds. The molecule has 2 aromatic carbocycles. The number of hydrogen-bond donors (Lipinski definition) is 0. The topological polar surface area (TPSA) is 42.4 Å². The molecule has 30 heavy (non-hydrogen) atoms. The standard InChI is InChI=1S/C25H30N2O2S/c1-5-19(4)27(25(28)20-11-7-6-8-12-20)15-21-17-30-24(26-21)16-29-23-14-10-9-13-22(23)18(2)3/h6-14,17-19H,5,15-16H2,1-4H3/t19-/m0/s1. The molecule has 3 rings (SSSR count). The summed E-state index contributed by atoms with van der Waals surface area (Å²) in [4.78, 5) is 19.7. The molecule has 0 saturated heterocycles. The Bertz CT molecular complexity index is 953. The van der Waals surface area contributed by atoms with E-state index in [1.807, 2.05) is 58.8 Å². The first-order valence-electron chi connectivity index (χ1n) is 10.5. The van der Waals surface area contributed by atoms with E-state index in [1.165, 1.54) is 5.56 Å². The van der Waals surface area contributed by atoms with Crippen molar-refractivity contribution < 1.29 is 9.53 Å². The highest BCUT2D eigenvalue weighted by molar-refractivity contribution is 7.09. The van der Waals surface area contributed by atoms with Crippen LogP contribution in [0.25, 0.3) is 0 Å². The fourth-order valence-electron chi connectivity index (χ4n) is 3.29. The Kier molecular flexibility index (Phi) is 7.63. The molecule has 3 aromatic rings. The van der Waals surface area contributed by atoms with Crippen molar-refractivity contribution in [3.05, 3.63) is 81.8 Å². The molecule has 5 heteroatoms. The molecule has 0 aliphatic heterocycles. The first-order valence-corrected chi connectivity index (χ1v) is 11.4. The number of amides is 1. The van der Waals surface area contributed by atoms with E-state index < -0.39 is 0 Å².